The van der Waals surface area contributed by atoms with Crippen LogP contribution in [0, 0.1) is 25.6 Å². The second kappa shape index (κ2) is 8.64. The molecule has 144 valence electrons. The first kappa shape index (κ1) is 22.1. The summed E-state index contributed by atoms with van der Waals surface area (Å²) in [5.74, 6) is -0.142. The maximum absolute atomic E-state index is 13.1. The highest BCUT2D eigenvalue weighted by molar-refractivity contribution is 5.85. The monoisotopic (exact) mass is 382 g/mol. The van der Waals surface area contributed by atoms with Gasteiger partial charge in [0.25, 0.3) is 0 Å². The Labute approximate surface area is 160 Å². The van der Waals surface area contributed by atoms with Gasteiger partial charge in [0.2, 0.25) is 5.91 Å². The number of rotatable bonds is 6. The maximum Gasteiger partial charge on any atom is 0.225 e. The quantitative estimate of drug-likeness (QED) is 0.806. The number of nitrogens with two attached hydrogens (primary N) is 1. The Balaban J connectivity index is 0.00000338. The highest BCUT2D eigenvalue weighted by atomic mass is 35.5. The lowest BCUT2D eigenvalue weighted by molar-refractivity contribution is -0.122. The van der Waals surface area contributed by atoms with E-state index in [2.05, 4.69) is 10.4 Å². The van der Waals surface area contributed by atoms with Crippen LogP contribution in [-0.2, 0) is 11.2 Å². The molecular weight excluding hydrogens is 355 g/mol. The van der Waals surface area contributed by atoms with E-state index in [1.165, 1.54) is 12.1 Å². The number of halogens is 2. The van der Waals surface area contributed by atoms with Crippen molar-refractivity contribution in [3.63, 3.8) is 0 Å². The molecule has 1 heterocycles. The number of nitrogens with zero attached hydrogens (tertiary/aromatic N) is 2. The average Bonchev–Trinajstić information content (AvgIpc) is 2.83. The van der Waals surface area contributed by atoms with Gasteiger partial charge >= 0.3 is 0 Å². The zero-order valence-corrected chi connectivity index (χ0v) is 16.8. The van der Waals surface area contributed by atoms with Gasteiger partial charge in [-0.25, -0.2) is 9.07 Å². The Hall–Kier alpha value is -1.92. The molecule has 1 atom stereocenters. The van der Waals surface area contributed by atoms with Crippen LogP contribution in [-0.4, -0.2) is 27.8 Å². The lowest BCUT2D eigenvalue weighted by Crippen LogP contribution is -2.55. The SMILES string of the molecule is Cc1nn(-c2ccc(F)cc2)c(C)c1CC(=O)NC(C)(CN)C(C)C.Cl. The molecule has 1 amide bonds. The van der Waals surface area contributed by atoms with Gasteiger partial charge < -0.3 is 11.1 Å². The third-order valence-corrected chi connectivity index (χ3v) is 4.97. The average molecular weight is 383 g/mol. The summed E-state index contributed by atoms with van der Waals surface area (Å²) in [6.45, 7) is 10.2. The fraction of sp³-hybridized carbons (Fsp3) is 0.474. The second-order valence-electron chi connectivity index (χ2n) is 7.04. The molecule has 0 bridgehead atoms. The lowest BCUT2D eigenvalue weighted by Gasteiger charge is -2.33. The van der Waals surface area contributed by atoms with Gasteiger partial charge in [0, 0.05) is 17.8 Å². The summed E-state index contributed by atoms with van der Waals surface area (Å²) in [4.78, 5) is 12.5. The van der Waals surface area contributed by atoms with E-state index in [4.69, 9.17) is 5.73 Å². The van der Waals surface area contributed by atoms with Crippen molar-refractivity contribution in [3.8, 4) is 5.69 Å². The number of aryl methyl sites for hydroxylation is 1. The molecule has 3 N–H and O–H groups in total. The Morgan fingerprint density at radius 1 is 1.31 bits per heavy atom. The molecule has 7 heteroatoms. The number of aromatic nitrogens is 2. The van der Waals surface area contributed by atoms with E-state index in [0.29, 0.717) is 6.54 Å². The summed E-state index contributed by atoms with van der Waals surface area (Å²) < 4.78 is 14.9. The normalized spacial score (nSPS) is 13.2. The summed E-state index contributed by atoms with van der Waals surface area (Å²) in [6.07, 6.45) is 0.237. The summed E-state index contributed by atoms with van der Waals surface area (Å²) in [6, 6.07) is 6.13. The number of benzene rings is 1. The number of hydrogen-bond donors (Lipinski definition) is 2. The molecule has 0 fully saturated rings. The van der Waals surface area contributed by atoms with Crippen LogP contribution in [0.25, 0.3) is 5.69 Å². The van der Waals surface area contributed by atoms with Crippen LogP contribution < -0.4 is 11.1 Å². The molecule has 1 aromatic carbocycles. The first-order valence-corrected chi connectivity index (χ1v) is 8.50. The van der Waals surface area contributed by atoms with Crippen LogP contribution in [0.4, 0.5) is 4.39 Å². The Bertz CT molecular complexity index is 758. The Morgan fingerprint density at radius 2 is 1.88 bits per heavy atom. The minimum absolute atomic E-state index is 0. The van der Waals surface area contributed by atoms with Gasteiger partial charge in [0.05, 0.1) is 23.3 Å². The summed E-state index contributed by atoms with van der Waals surface area (Å²) in [5, 5.41) is 7.56. The van der Waals surface area contributed by atoms with Crippen molar-refractivity contribution in [2.45, 2.75) is 46.6 Å². The molecule has 2 rings (SSSR count). The lowest BCUT2D eigenvalue weighted by atomic mass is 9.88. The van der Waals surface area contributed by atoms with E-state index in [-0.39, 0.29) is 36.5 Å². The van der Waals surface area contributed by atoms with E-state index >= 15 is 0 Å². The van der Waals surface area contributed by atoms with Gasteiger partial charge in [-0.1, -0.05) is 13.8 Å². The third-order valence-electron chi connectivity index (χ3n) is 4.97. The van der Waals surface area contributed by atoms with Gasteiger partial charge in [-0.2, -0.15) is 5.10 Å². The molecule has 1 unspecified atom stereocenters. The van der Waals surface area contributed by atoms with Crippen molar-refractivity contribution >= 4 is 18.3 Å². The molecule has 0 aliphatic heterocycles. The molecule has 0 spiro atoms. The molecule has 2 aromatic rings. The fourth-order valence-corrected chi connectivity index (χ4v) is 2.72. The Kier molecular flexibility index (Phi) is 7.35. The molecule has 0 saturated heterocycles. The van der Waals surface area contributed by atoms with E-state index in [0.717, 1.165) is 22.6 Å². The first-order valence-electron chi connectivity index (χ1n) is 8.50. The van der Waals surface area contributed by atoms with Crippen molar-refractivity contribution in [1.29, 1.82) is 0 Å². The zero-order valence-electron chi connectivity index (χ0n) is 16.0. The maximum atomic E-state index is 13.1. The number of hydrogen-bond acceptors (Lipinski definition) is 3. The van der Waals surface area contributed by atoms with Crippen LogP contribution in [0.15, 0.2) is 24.3 Å². The number of carbonyl (C=O) groups excluding carboxylic acids is 1. The number of carbonyl (C=O) groups is 1. The molecule has 0 saturated carbocycles. The van der Waals surface area contributed by atoms with Gasteiger partial charge in [-0.15, -0.1) is 12.4 Å². The van der Waals surface area contributed by atoms with Crippen molar-refractivity contribution in [3.05, 3.63) is 47.0 Å². The van der Waals surface area contributed by atoms with E-state index in [1.54, 1.807) is 16.8 Å². The van der Waals surface area contributed by atoms with Gasteiger partial charge in [0.1, 0.15) is 5.82 Å². The smallest absolute Gasteiger partial charge is 0.225 e. The van der Waals surface area contributed by atoms with E-state index < -0.39 is 5.54 Å². The van der Waals surface area contributed by atoms with Crippen LogP contribution in [0.2, 0.25) is 0 Å². The van der Waals surface area contributed by atoms with Crippen molar-refractivity contribution in [1.82, 2.24) is 15.1 Å². The summed E-state index contributed by atoms with van der Waals surface area (Å²) in [7, 11) is 0. The molecule has 1 aromatic heterocycles. The molecule has 26 heavy (non-hydrogen) atoms. The fourth-order valence-electron chi connectivity index (χ4n) is 2.72. The van der Waals surface area contributed by atoms with Crippen LogP contribution in [0.5, 0.6) is 0 Å². The van der Waals surface area contributed by atoms with Gasteiger partial charge in [-0.3, -0.25) is 4.79 Å². The summed E-state index contributed by atoms with van der Waals surface area (Å²) >= 11 is 0. The number of nitrogens with one attached hydrogen (secondary N) is 1. The third kappa shape index (κ3) is 4.62. The first-order chi connectivity index (χ1) is 11.7. The predicted octanol–water partition coefficient (Wildman–Crippen LogP) is 3.08. The van der Waals surface area contributed by atoms with Crippen molar-refractivity contribution in [2.24, 2.45) is 11.7 Å². The summed E-state index contributed by atoms with van der Waals surface area (Å²) in [5.41, 5.74) is 8.71. The van der Waals surface area contributed by atoms with Gasteiger partial charge in [-0.05, 0) is 51.0 Å². The zero-order chi connectivity index (χ0) is 18.8. The topological polar surface area (TPSA) is 72.9 Å². The largest absolute Gasteiger partial charge is 0.349 e. The standard InChI is InChI=1S/C19H27FN4O.ClH/c1-12(2)19(5,11-21)22-18(25)10-17-13(3)23-24(14(17)4)16-8-6-15(20)7-9-16;/h6-9,12H,10-11,21H2,1-5H3,(H,22,25);1H. The van der Waals surface area contributed by atoms with Crippen LogP contribution in [0.3, 0.4) is 0 Å². The highest BCUT2D eigenvalue weighted by Crippen LogP contribution is 2.20. The molecule has 0 aliphatic carbocycles. The molecule has 0 radical (unpaired) electrons. The van der Waals surface area contributed by atoms with Crippen LogP contribution in [0.1, 0.15) is 37.7 Å². The van der Waals surface area contributed by atoms with Crippen LogP contribution >= 0.6 is 12.4 Å². The number of amides is 1. The minimum atomic E-state index is -0.439. The van der Waals surface area contributed by atoms with E-state index in [1.807, 2.05) is 34.6 Å². The predicted molar refractivity (Wildman–Crippen MR) is 104 cm³/mol. The molecule has 5 nitrogen and oxygen atoms in total. The highest BCUT2D eigenvalue weighted by Gasteiger charge is 2.29. The van der Waals surface area contributed by atoms with Crippen molar-refractivity contribution in [2.75, 3.05) is 6.54 Å². The molecular formula is C19H28ClFN4O. The second-order valence-corrected chi connectivity index (χ2v) is 7.04. The Morgan fingerprint density at radius 3 is 2.38 bits per heavy atom. The molecule has 0 aliphatic rings. The van der Waals surface area contributed by atoms with Gasteiger partial charge in [0.15, 0.2) is 0 Å². The minimum Gasteiger partial charge on any atom is -0.349 e. The van der Waals surface area contributed by atoms with Crippen molar-refractivity contribution < 1.29 is 9.18 Å². The van der Waals surface area contributed by atoms with E-state index in [9.17, 15) is 9.18 Å².